The Balaban J connectivity index is 2.05. The molecule has 6 heteroatoms. The van der Waals surface area contributed by atoms with Crippen LogP contribution in [-0.4, -0.2) is 26.2 Å². The first-order chi connectivity index (χ1) is 8.00. The maximum absolute atomic E-state index is 13.3. The fourth-order valence-corrected chi connectivity index (χ4v) is 2.71. The average molecular weight is 259 g/mol. The van der Waals surface area contributed by atoms with Crippen LogP contribution in [0.1, 0.15) is 12.8 Å². The first kappa shape index (κ1) is 12.5. The molecule has 0 bridgehead atoms. The predicted molar refractivity (Wildman–Crippen MR) is 60.3 cm³/mol. The second kappa shape index (κ2) is 4.72. The van der Waals surface area contributed by atoms with Crippen LogP contribution < -0.4 is 4.72 Å². The summed E-state index contributed by atoms with van der Waals surface area (Å²) in [5.41, 5.74) is 0. The van der Waals surface area contributed by atoms with E-state index in [1.54, 1.807) is 0 Å². The van der Waals surface area contributed by atoms with Gasteiger partial charge in [-0.15, -0.1) is 0 Å². The molecule has 1 fully saturated rings. The molecule has 2 rings (SSSR count). The summed E-state index contributed by atoms with van der Waals surface area (Å²) in [6.07, 6.45) is 1.15. The van der Waals surface area contributed by atoms with Crippen LogP contribution in [0.15, 0.2) is 29.2 Å². The monoisotopic (exact) mass is 259 g/mol. The Morgan fingerprint density at radius 1 is 1.41 bits per heavy atom. The summed E-state index contributed by atoms with van der Waals surface area (Å²) in [5, 5.41) is 9.55. The van der Waals surface area contributed by atoms with Gasteiger partial charge in [0.05, 0.1) is 6.10 Å². The van der Waals surface area contributed by atoms with Crippen LogP contribution in [0, 0.1) is 11.7 Å². The van der Waals surface area contributed by atoms with Crippen LogP contribution >= 0.6 is 0 Å². The minimum absolute atomic E-state index is 0.0681. The maximum Gasteiger partial charge on any atom is 0.243 e. The molecule has 0 heterocycles. The fraction of sp³-hybridized carbons (Fsp3) is 0.455. The molecule has 0 aromatic heterocycles. The smallest absolute Gasteiger partial charge is 0.243 e. The second-order valence-electron chi connectivity index (χ2n) is 4.19. The molecular formula is C11H14FNO3S. The van der Waals surface area contributed by atoms with Gasteiger partial charge >= 0.3 is 0 Å². The Hall–Kier alpha value is -0.980. The highest BCUT2D eigenvalue weighted by Crippen LogP contribution is 2.32. The van der Waals surface area contributed by atoms with E-state index in [9.17, 15) is 17.9 Å². The van der Waals surface area contributed by atoms with Gasteiger partial charge in [0.25, 0.3) is 0 Å². The zero-order valence-electron chi connectivity index (χ0n) is 9.14. The number of aliphatic hydroxyl groups is 1. The highest BCUT2D eigenvalue weighted by atomic mass is 32.2. The van der Waals surface area contributed by atoms with Crippen molar-refractivity contribution >= 4 is 10.0 Å². The zero-order valence-corrected chi connectivity index (χ0v) is 9.95. The molecule has 0 spiro atoms. The van der Waals surface area contributed by atoms with Crippen molar-refractivity contribution in [2.24, 2.45) is 5.92 Å². The molecule has 4 nitrogen and oxygen atoms in total. The molecule has 1 unspecified atom stereocenters. The molecule has 0 radical (unpaired) electrons. The summed E-state index contributed by atoms with van der Waals surface area (Å²) in [7, 11) is -3.88. The third kappa shape index (κ3) is 3.02. The van der Waals surface area contributed by atoms with Gasteiger partial charge < -0.3 is 5.11 Å². The number of halogens is 1. The molecule has 2 N–H and O–H groups in total. The highest BCUT2D eigenvalue weighted by molar-refractivity contribution is 7.89. The van der Waals surface area contributed by atoms with E-state index in [1.165, 1.54) is 18.2 Å². The summed E-state index contributed by atoms with van der Waals surface area (Å²) < 4.78 is 39.0. The SMILES string of the molecule is O=S(=O)(NCC(O)C1CC1)c1ccccc1F. The van der Waals surface area contributed by atoms with Gasteiger partial charge in [0.15, 0.2) is 0 Å². The van der Waals surface area contributed by atoms with E-state index in [1.807, 2.05) is 0 Å². The van der Waals surface area contributed by atoms with Crippen molar-refractivity contribution in [1.82, 2.24) is 4.72 Å². The minimum atomic E-state index is -3.88. The van der Waals surface area contributed by atoms with E-state index < -0.39 is 21.9 Å². The van der Waals surface area contributed by atoms with Crippen LogP contribution in [0.4, 0.5) is 4.39 Å². The number of hydrogen-bond donors (Lipinski definition) is 2. The van der Waals surface area contributed by atoms with Crippen molar-refractivity contribution in [3.8, 4) is 0 Å². The van der Waals surface area contributed by atoms with Gasteiger partial charge in [-0.05, 0) is 30.9 Å². The van der Waals surface area contributed by atoms with Crippen molar-refractivity contribution in [3.05, 3.63) is 30.1 Å². The second-order valence-corrected chi connectivity index (χ2v) is 5.92. The molecule has 1 saturated carbocycles. The van der Waals surface area contributed by atoms with E-state index in [4.69, 9.17) is 0 Å². The first-order valence-electron chi connectivity index (χ1n) is 5.43. The third-order valence-electron chi connectivity index (χ3n) is 2.77. The van der Waals surface area contributed by atoms with E-state index >= 15 is 0 Å². The van der Waals surface area contributed by atoms with Crippen molar-refractivity contribution in [1.29, 1.82) is 0 Å². The van der Waals surface area contributed by atoms with Crippen LogP contribution in [0.5, 0.6) is 0 Å². The number of benzene rings is 1. The summed E-state index contributed by atoms with van der Waals surface area (Å²) >= 11 is 0. The topological polar surface area (TPSA) is 66.4 Å². The van der Waals surface area contributed by atoms with Crippen LogP contribution in [0.3, 0.4) is 0 Å². The van der Waals surface area contributed by atoms with Crippen molar-refractivity contribution in [2.45, 2.75) is 23.8 Å². The average Bonchev–Trinajstić information content (AvgIpc) is 3.10. The van der Waals surface area contributed by atoms with Gasteiger partial charge in [-0.2, -0.15) is 0 Å². The quantitative estimate of drug-likeness (QED) is 0.824. The number of nitrogens with one attached hydrogen (secondary N) is 1. The zero-order chi connectivity index (χ0) is 12.5. The van der Waals surface area contributed by atoms with Crippen LogP contribution in [-0.2, 0) is 10.0 Å². The first-order valence-corrected chi connectivity index (χ1v) is 6.91. The van der Waals surface area contributed by atoms with E-state index in [2.05, 4.69) is 4.72 Å². The Morgan fingerprint density at radius 3 is 2.65 bits per heavy atom. The number of rotatable bonds is 5. The van der Waals surface area contributed by atoms with E-state index in [0.717, 1.165) is 18.9 Å². The normalized spacial score (nSPS) is 18.0. The van der Waals surface area contributed by atoms with Crippen molar-refractivity contribution in [2.75, 3.05) is 6.54 Å². The lowest BCUT2D eigenvalue weighted by molar-refractivity contribution is 0.155. The Kier molecular flexibility index (Phi) is 3.46. The number of hydrogen-bond acceptors (Lipinski definition) is 3. The Morgan fingerprint density at radius 2 is 2.06 bits per heavy atom. The maximum atomic E-state index is 13.3. The third-order valence-corrected chi connectivity index (χ3v) is 4.23. The van der Waals surface area contributed by atoms with Crippen molar-refractivity contribution < 1.29 is 17.9 Å². The Labute approximate surface area is 99.5 Å². The van der Waals surface area contributed by atoms with Gasteiger partial charge in [-0.3, -0.25) is 0 Å². The molecule has 0 saturated heterocycles. The Bertz CT molecular complexity index is 499. The number of sulfonamides is 1. The highest BCUT2D eigenvalue weighted by Gasteiger charge is 2.30. The molecule has 1 aliphatic rings. The van der Waals surface area contributed by atoms with Gasteiger partial charge in [0.1, 0.15) is 10.7 Å². The lowest BCUT2D eigenvalue weighted by Crippen LogP contribution is -2.33. The van der Waals surface area contributed by atoms with Gasteiger partial charge in [0.2, 0.25) is 10.0 Å². The summed E-state index contributed by atoms with van der Waals surface area (Å²) in [5.74, 6) is -0.612. The lowest BCUT2D eigenvalue weighted by atomic mass is 10.2. The van der Waals surface area contributed by atoms with Crippen LogP contribution in [0.25, 0.3) is 0 Å². The molecular weight excluding hydrogens is 245 g/mol. The fourth-order valence-electron chi connectivity index (χ4n) is 1.58. The van der Waals surface area contributed by atoms with E-state index in [0.29, 0.717) is 0 Å². The molecule has 17 heavy (non-hydrogen) atoms. The molecule has 94 valence electrons. The molecule has 1 atom stereocenters. The predicted octanol–water partition coefficient (Wildman–Crippen LogP) is 0.875. The van der Waals surface area contributed by atoms with Crippen LogP contribution in [0.2, 0.25) is 0 Å². The summed E-state index contributed by atoms with van der Waals surface area (Å²) in [6, 6.07) is 5.16. The lowest BCUT2D eigenvalue weighted by Gasteiger charge is -2.11. The largest absolute Gasteiger partial charge is 0.391 e. The van der Waals surface area contributed by atoms with E-state index in [-0.39, 0.29) is 17.4 Å². The van der Waals surface area contributed by atoms with Gasteiger partial charge in [0, 0.05) is 6.54 Å². The number of aliphatic hydroxyl groups excluding tert-OH is 1. The molecule has 1 aliphatic carbocycles. The van der Waals surface area contributed by atoms with Gasteiger partial charge in [-0.25, -0.2) is 17.5 Å². The summed E-state index contributed by atoms with van der Waals surface area (Å²) in [4.78, 5) is -0.386. The molecule has 1 aromatic carbocycles. The molecule has 1 aromatic rings. The standard InChI is InChI=1S/C11H14FNO3S/c12-9-3-1-2-4-11(9)17(15,16)13-7-10(14)8-5-6-8/h1-4,8,10,13-14H,5-7H2. The minimum Gasteiger partial charge on any atom is -0.391 e. The van der Waals surface area contributed by atoms with Crippen molar-refractivity contribution in [3.63, 3.8) is 0 Å². The molecule has 0 amide bonds. The van der Waals surface area contributed by atoms with Gasteiger partial charge in [-0.1, -0.05) is 12.1 Å². The molecule has 0 aliphatic heterocycles. The summed E-state index contributed by atoms with van der Waals surface area (Å²) in [6.45, 7) is -0.0681.